The quantitative estimate of drug-likeness (QED) is 0.104. The van der Waals surface area contributed by atoms with Crippen LogP contribution in [-0.2, 0) is 16.5 Å². The fourth-order valence-corrected chi connectivity index (χ4v) is 9.96. The van der Waals surface area contributed by atoms with Crippen molar-refractivity contribution in [3.63, 3.8) is 0 Å². The Balaban J connectivity index is 0.000000170. The Morgan fingerprint density at radius 2 is 0.477 bits per heavy atom. The van der Waals surface area contributed by atoms with Gasteiger partial charge in [-0.3, -0.25) is 0 Å². The van der Waals surface area contributed by atoms with Gasteiger partial charge in [0.2, 0.25) is 0 Å². The third kappa shape index (κ3) is 9.77. The van der Waals surface area contributed by atoms with Gasteiger partial charge in [-0.25, -0.2) is 0 Å². The van der Waals surface area contributed by atoms with Gasteiger partial charge in [-0.1, -0.05) is 109 Å². The molecule has 0 radical (unpaired) electrons. The summed E-state index contributed by atoms with van der Waals surface area (Å²) in [7, 11) is -1.75. The van der Waals surface area contributed by atoms with Crippen molar-refractivity contribution in [1.82, 2.24) is 0 Å². The smallest absolute Gasteiger partial charge is 0.102 e. The van der Waals surface area contributed by atoms with Crippen LogP contribution < -0.4 is 31.8 Å². The van der Waals surface area contributed by atoms with E-state index in [1.54, 1.807) is 6.07 Å². The molecule has 0 saturated heterocycles. The molecule has 0 fully saturated rings. The van der Waals surface area contributed by atoms with E-state index < -0.39 is 15.8 Å². The van der Waals surface area contributed by atoms with Crippen molar-refractivity contribution in [1.29, 1.82) is 0 Å². The van der Waals surface area contributed by atoms with Crippen molar-refractivity contribution in [3.05, 3.63) is 212 Å². The van der Waals surface area contributed by atoms with Gasteiger partial charge in [-0.2, -0.15) is 0 Å². The SMILES string of the molecule is [Ni].[c-]1[c-][c-][cH-][c-]1.c1ccc([PH+](c2ccccc2)c2ccccc2)cc1.c1ccc([PH+](c2ccccc2)c2ccccc2)cc1. The molecule has 7 aromatic rings. The summed E-state index contributed by atoms with van der Waals surface area (Å²) in [4.78, 5) is 0. The standard InChI is InChI=1S/2C18H15P.C5H.Ni/c2*1-4-10-16(11-5-1)19(17-12-6-2-7-13-17)18-14-8-3-9-15-18;1-2-4-5-3-1;/h2*1-15H;1H;/q;;-5;/p+2. The molecule has 0 heterocycles. The zero-order valence-electron chi connectivity index (χ0n) is 24.2. The van der Waals surface area contributed by atoms with Crippen LogP contribution in [0.25, 0.3) is 0 Å². The molecular formula is C41H33NiP2-3. The molecule has 44 heavy (non-hydrogen) atoms. The summed E-state index contributed by atoms with van der Waals surface area (Å²) >= 11 is 0. The second-order valence-corrected chi connectivity index (χ2v) is 14.6. The maximum atomic E-state index is 2.62. The Morgan fingerprint density at radius 3 is 0.614 bits per heavy atom. The van der Waals surface area contributed by atoms with Crippen LogP contribution in [0.3, 0.4) is 0 Å². The molecule has 0 aliphatic rings. The van der Waals surface area contributed by atoms with Crippen LogP contribution in [0.2, 0.25) is 0 Å². The van der Waals surface area contributed by atoms with Gasteiger partial charge in [0.05, 0.1) is 15.8 Å². The van der Waals surface area contributed by atoms with Gasteiger partial charge in [-0.15, -0.1) is 0 Å². The molecule has 0 bridgehead atoms. The molecule has 0 atom stereocenters. The minimum absolute atomic E-state index is 0. The van der Waals surface area contributed by atoms with Crippen molar-refractivity contribution < 1.29 is 16.5 Å². The van der Waals surface area contributed by atoms with Gasteiger partial charge in [0.1, 0.15) is 31.8 Å². The Labute approximate surface area is 275 Å². The van der Waals surface area contributed by atoms with Gasteiger partial charge in [0, 0.05) is 16.5 Å². The molecule has 3 heteroatoms. The minimum atomic E-state index is -0.877. The molecule has 0 unspecified atom stereocenters. The Bertz CT molecular complexity index is 1350. The average Bonchev–Trinajstić information content (AvgIpc) is 3.69. The van der Waals surface area contributed by atoms with E-state index >= 15 is 0 Å². The molecule has 0 aliphatic heterocycles. The first-order valence-electron chi connectivity index (χ1n) is 14.3. The maximum absolute atomic E-state index is 2.62. The predicted molar refractivity (Wildman–Crippen MR) is 190 cm³/mol. The van der Waals surface area contributed by atoms with E-state index in [4.69, 9.17) is 0 Å². The summed E-state index contributed by atoms with van der Waals surface area (Å²) in [6.45, 7) is 0. The second kappa shape index (κ2) is 18.6. The fraction of sp³-hybridized carbons (Fsp3) is 0. The Morgan fingerprint density at radius 1 is 0.295 bits per heavy atom. The monoisotopic (exact) mass is 645 g/mol. The van der Waals surface area contributed by atoms with Crippen LogP contribution in [0.1, 0.15) is 0 Å². The molecule has 7 rings (SSSR count). The zero-order chi connectivity index (χ0) is 29.4. The van der Waals surface area contributed by atoms with E-state index in [0.29, 0.717) is 0 Å². The van der Waals surface area contributed by atoms with E-state index in [1.165, 1.54) is 31.8 Å². The Hall–Kier alpha value is -3.98. The summed E-state index contributed by atoms with van der Waals surface area (Å²) in [6, 6.07) is 77.0. The van der Waals surface area contributed by atoms with E-state index in [9.17, 15) is 0 Å². The average molecular weight is 646 g/mol. The van der Waals surface area contributed by atoms with Gasteiger partial charge in [-0.05, 0) is 72.8 Å². The van der Waals surface area contributed by atoms with E-state index in [2.05, 4.69) is 206 Å². The Kier molecular flexibility index (Phi) is 13.9. The fourth-order valence-electron chi connectivity index (χ4n) is 4.81. The van der Waals surface area contributed by atoms with Crippen molar-refractivity contribution in [3.8, 4) is 0 Å². The van der Waals surface area contributed by atoms with Crippen LogP contribution in [0, 0.1) is 24.3 Å². The van der Waals surface area contributed by atoms with E-state index in [-0.39, 0.29) is 16.5 Å². The topological polar surface area (TPSA) is 0 Å². The molecule has 0 spiro atoms. The third-order valence-electron chi connectivity index (χ3n) is 6.73. The largest absolute Gasteiger partial charge is 0.999 e. The molecule has 0 amide bonds. The molecule has 0 aliphatic carbocycles. The van der Waals surface area contributed by atoms with Gasteiger partial charge >= 0.3 is 0 Å². The van der Waals surface area contributed by atoms with Crippen molar-refractivity contribution in [2.24, 2.45) is 0 Å². The van der Waals surface area contributed by atoms with Crippen LogP contribution in [0.4, 0.5) is 0 Å². The molecule has 0 nitrogen and oxygen atoms in total. The predicted octanol–water partition coefficient (Wildman–Crippen LogP) is 6.96. The van der Waals surface area contributed by atoms with Crippen LogP contribution in [-0.4, -0.2) is 0 Å². The number of rotatable bonds is 6. The molecule has 0 saturated carbocycles. The molecule has 7 aromatic carbocycles. The van der Waals surface area contributed by atoms with E-state index in [0.717, 1.165) is 0 Å². The first-order valence-corrected chi connectivity index (χ1v) is 17.3. The molecule has 220 valence electrons. The van der Waals surface area contributed by atoms with Crippen molar-refractivity contribution in [2.75, 3.05) is 0 Å². The first-order chi connectivity index (χ1) is 21.4. The van der Waals surface area contributed by atoms with Crippen LogP contribution >= 0.6 is 15.8 Å². The normalized spacial score (nSPS) is 10.0. The maximum Gasteiger partial charge on any atom is 0.102 e. The van der Waals surface area contributed by atoms with Crippen LogP contribution in [0.5, 0.6) is 0 Å². The summed E-state index contributed by atoms with van der Waals surface area (Å²) in [6.07, 6.45) is 0. The molecule has 0 N–H and O–H groups in total. The van der Waals surface area contributed by atoms with Gasteiger partial charge < -0.3 is 30.3 Å². The second-order valence-electron chi connectivity index (χ2n) is 9.63. The van der Waals surface area contributed by atoms with Gasteiger partial charge in [0.15, 0.2) is 0 Å². The molecular weight excluding hydrogens is 613 g/mol. The van der Waals surface area contributed by atoms with E-state index in [1.807, 2.05) is 0 Å². The summed E-state index contributed by atoms with van der Waals surface area (Å²) < 4.78 is 0. The van der Waals surface area contributed by atoms with Crippen LogP contribution in [0.15, 0.2) is 188 Å². The first kappa shape index (κ1) is 32.9. The third-order valence-corrected chi connectivity index (χ3v) is 12.2. The molecule has 0 aromatic heterocycles. The minimum Gasteiger partial charge on any atom is -0.999 e. The number of benzene rings is 6. The summed E-state index contributed by atoms with van der Waals surface area (Å²) in [5.41, 5.74) is 0. The van der Waals surface area contributed by atoms with Crippen molar-refractivity contribution in [2.45, 2.75) is 0 Å². The number of hydrogen-bond acceptors (Lipinski definition) is 0. The van der Waals surface area contributed by atoms with Gasteiger partial charge in [0.25, 0.3) is 0 Å². The number of hydrogen-bond donors (Lipinski definition) is 0. The summed E-state index contributed by atoms with van der Waals surface area (Å²) in [5, 5.41) is 8.61. The van der Waals surface area contributed by atoms with Crippen molar-refractivity contribution >= 4 is 47.7 Å². The summed E-state index contributed by atoms with van der Waals surface area (Å²) in [5.74, 6) is 0. The zero-order valence-corrected chi connectivity index (χ0v) is 27.2.